The van der Waals surface area contributed by atoms with Gasteiger partial charge in [-0.25, -0.2) is 0 Å². The Kier molecular flexibility index (Phi) is 3.15. The third-order valence-electron chi connectivity index (χ3n) is 3.07. The molecule has 0 aliphatic rings. The summed E-state index contributed by atoms with van der Waals surface area (Å²) in [6, 6.07) is 18.3. The first-order chi connectivity index (χ1) is 9.33. The normalized spacial score (nSPS) is 10.6. The Balaban J connectivity index is 1.86. The molecule has 19 heavy (non-hydrogen) atoms. The molecule has 0 spiro atoms. The van der Waals surface area contributed by atoms with E-state index in [1.54, 1.807) is 6.20 Å². The van der Waals surface area contributed by atoms with Gasteiger partial charge in [-0.15, -0.1) is 0 Å². The van der Waals surface area contributed by atoms with Crippen LogP contribution >= 0.6 is 0 Å². The van der Waals surface area contributed by atoms with Crippen LogP contribution in [0.1, 0.15) is 11.1 Å². The Morgan fingerprint density at radius 1 is 1.00 bits per heavy atom. The lowest BCUT2D eigenvalue weighted by Gasteiger charge is -2.09. The Hall–Kier alpha value is -2.35. The van der Waals surface area contributed by atoms with Crippen LogP contribution in [0, 0.1) is 6.92 Å². The van der Waals surface area contributed by atoms with Gasteiger partial charge in [0.2, 0.25) is 0 Å². The molecule has 0 unspecified atom stereocenters. The van der Waals surface area contributed by atoms with Crippen LogP contribution in [-0.4, -0.2) is 4.98 Å². The molecule has 0 saturated heterocycles. The molecule has 3 rings (SSSR count). The molecule has 0 amide bonds. The number of hydrogen-bond acceptors (Lipinski definition) is 2. The lowest BCUT2D eigenvalue weighted by Crippen LogP contribution is -1.96. The molecule has 94 valence electrons. The molecule has 0 N–H and O–H groups in total. The highest BCUT2D eigenvalue weighted by molar-refractivity contribution is 5.84. The van der Waals surface area contributed by atoms with Gasteiger partial charge in [0, 0.05) is 11.6 Å². The predicted molar refractivity (Wildman–Crippen MR) is 77.3 cm³/mol. The highest BCUT2D eigenvalue weighted by atomic mass is 16.5. The van der Waals surface area contributed by atoms with Gasteiger partial charge in [-0.1, -0.05) is 48.0 Å². The number of ether oxygens (including phenoxy) is 1. The molecular formula is C17H15NO. The number of para-hydroxylation sites is 1. The van der Waals surface area contributed by atoms with Gasteiger partial charge in [0.25, 0.3) is 0 Å². The molecular weight excluding hydrogens is 234 g/mol. The third kappa shape index (κ3) is 2.58. The molecule has 0 aliphatic heterocycles. The highest BCUT2D eigenvalue weighted by Gasteiger charge is 2.03. The molecule has 0 fully saturated rings. The molecule has 0 aliphatic carbocycles. The van der Waals surface area contributed by atoms with Crippen molar-refractivity contribution in [3.8, 4) is 5.75 Å². The topological polar surface area (TPSA) is 22.1 Å². The summed E-state index contributed by atoms with van der Waals surface area (Å²) in [7, 11) is 0. The Bertz CT molecular complexity index is 701. The summed E-state index contributed by atoms with van der Waals surface area (Å²) in [6.07, 6.45) is 1.79. The second-order valence-electron chi connectivity index (χ2n) is 4.61. The molecule has 0 radical (unpaired) electrons. The maximum Gasteiger partial charge on any atom is 0.146 e. The number of fused-ring (bicyclic) bond motifs is 1. The number of rotatable bonds is 3. The van der Waals surface area contributed by atoms with E-state index in [0.29, 0.717) is 6.61 Å². The van der Waals surface area contributed by atoms with E-state index in [2.05, 4.69) is 36.2 Å². The van der Waals surface area contributed by atoms with Crippen molar-refractivity contribution >= 4 is 10.9 Å². The van der Waals surface area contributed by atoms with Crippen molar-refractivity contribution in [2.45, 2.75) is 13.5 Å². The smallest absolute Gasteiger partial charge is 0.146 e. The zero-order valence-corrected chi connectivity index (χ0v) is 10.8. The average Bonchev–Trinajstić information content (AvgIpc) is 2.45. The molecule has 2 aromatic carbocycles. The number of pyridine rings is 1. The fourth-order valence-corrected chi connectivity index (χ4v) is 2.16. The lowest BCUT2D eigenvalue weighted by atomic mass is 10.1. The van der Waals surface area contributed by atoms with Crippen molar-refractivity contribution < 1.29 is 4.74 Å². The summed E-state index contributed by atoms with van der Waals surface area (Å²) in [5, 5.41) is 1.10. The van der Waals surface area contributed by atoms with Gasteiger partial charge in [0.05, 0.1) is 0 Å². The maximum absolute atomic E-state index is 5.90. The van der Waals surface area contributed by atoms with E-state index in [1.807, 2.05) is 30.3 Å². The second kappa shape index (κ2) is 5.11. The average molecular weight is 249 g/mol. The summed E-state index contributed by atoms with van der Waals surface area (Å²) in [4.78, 5) is 4.39. The van der Waals surface area contributed by atoms with Crippen LogP contribution in [0.4, 0.5) is 0 Å². The van der Waals surface area contributed by atoms with Crippen molar-refractivity contribution in [3.05, 3.63) is 71.9 Å². The molecule has 1 heterocycles. The minimum Gasteiger partial charge on any atom is -0.487 e. The molecule has 0 saturated carbocycles. The Morgan fingerprint density at radius 2 is 1.84 bits per heavy atom. The third-order valence-corrected chi connectivity index (χ3v) is 3.07. The summed E-state index contributed by atoms with van der Waals surface area (Å²) >= 11 is 0. The van der Waals surface area contributed by atoms with E-state index in [4.69, 9.17) is 4.74 Å². The van der Waals surface area contributed by atoms with Crippen LogP contribution in [0.5, 0.6) is 5.75 Å². The molecule has 1 aromatic heterocycles. The van der Waals surface area contributed by atoms with Gasteiger partial charge < -0.3 is 4.74 Å². The van der Waals surface area contributed by atoms with Crippen LogP contribution in [0.15, 0.2) is 60.8 Å². The number of nitrogens with zero attached hydrogens (tertiary/aromatic N) is 1. The van der Waals surface area contributed by atoms with Crippen molar-refractivity contribution in [1.29, 1.82) is 0 Å². The van der Waals surface area contributed by atoms with Gasteiger partial charge in [0.15, 0.2) is 0 Å². The summed E-state index contributed by atoms with van der Waals surface area (Å²) in [5.41, 5.74) is 3.34. The SMILES string of the molecule is Cc1cccc(COc2cccc3cccnc23)c1. The van der Waals surface area contributed by atoms with E-state index in [9.17, 15) is 0 Å². The largest absolute Gasteiger partial charge is 0.487 e. The van der Waals surface area contributed by atoms with Crippen molar-refractivity contribution in [1.82, 2.24) is 4.98 Å². The standard InChI is InChI=1S/C17H15NO/c1-13-5-2-6-14(11-13)12-19-16-9-3-7-15-8-4-10-18-17(15)16/h2-11H,12H2,1H3. The van der Waals surface area contributed by atoms with E-state index < -0.39 is 0 Å². The fourth-order valence-electron chi connectivity index (χ4n) is 2.16. The van der Waals surface area contributed by atoms with Crippen LogP contribution in [0.2, 0.25) is 0 Å². The molecule has 2 heteroatoms. The lowest BCUT2D eigenvalue weighted by molar-refractivity contribution is 0.309. The fraction of sp³-hybridized carbons (Fsp3) is 0.118. The Morgan fingerprint density at radius 3 is 2.74 bits per heavy atom. The summed E-state index contributed by atoms with van der Waals surface area (Å²) in [5.74, 6) is 0.833. The number of benzene rings is 2. The zero-order chi connectivity index (χ0) is 13.1. The Labute approximate surface area is 112 Å². The van der Waals surface area contributed by atoms with Gasteiger partial charge in [-0.05, 0) is 24.6 Å². The summed E-state index contributed by atoms with van der Waals surface area (Å²) < 4.78 is 5.90. The molecule has 0 bridgehead atoms. The van der Waals surface area contributed by atoms with E-state index in [1.165, 1.54) is 11.1 Å². The van der Waals surface area contributed by atoms with Crippen LogP contribution in [-0.2, 0) is 6.61 Å². The first-order valence-electron chi connectivity index (χ1n) is 6.35. The quantitative estimate of drug-likeness (QED) is 0.696. The van der Waals surface area contributed by atoms with Crippen LogP contribution in [0.3, 0.4) is 0 Å². The molecule has 2 nitrogen and oxygen atoms in total. The number of aryl methyl sites for hydroxylation is 1. The van der Waals surface area contributed by atoms with Crippen LogP contribution in [0.25, 0.3) is 10.9 Å². The zero-order valence-electron chi connectivity index (χ0n) is 10.8. The maximum atomic E-state index is 5.90. The number of hydrogen-bond donors (Lipinski definition) is 0. The van der Waals surface area contributed by atoms with Gasteiger partial charge in [-0.3, -0.25) is 4.98 Å². The minimum absolute atomic E-state index is 0.567. The van der Waals surface area contributed by atoms with Crippen molar-refractivity contribution in [2.75, 3.05) is 0 Å². The predicted octanol–water partition coefficient (Wildman–Crippen LogP) is 4.12. The molecule has 0 atom stereocenters. The van der Waals surface area contributed by atoms with Gasteiger partial charge in [0.1, 0.15) is 17.9 Å². The van der Waals surface area contributed by atoms with Gasteiger partial charge in [-0.2, -0.15) is 0 Å². The van der Waals surface area contributed by atoms with E-state index in [0.717, 1.165) is 16.7 Å². The van der Waals surface area contributed by atoms with Crippen molar-refractivity contribution in [3.63, 3.8) is 0 Å². The second-order valence-corrected chi connectivity index (χ2v) is 4.61. The summed E-state index contributed by atoms with van der Waals surface area (Å²) in [6.45, 7) is 2.65. The van der Waals surface area contributed by atoms with E-state index >= 15 is 0 Å². The minimum atomic E-state index is 0.567. The molecule has 3 aromatic rings. The highest BCUT2D eigenvalue weighted by Crippen LogP contribution is 2.23. The first-order valence-corrected chi connectivity index (χ1v) is 6.35. The van der Waals surface area contributed by atoms with Crippen molar-refractivity contribution in [2.24, 2.45) is 0 Å². The number of aromatic nitrogens is 1. The van der Waals surface area contributed by atoms with Gasteiger partial charge >= 0.3 is 0 Å². The first kappa shape index (κ1) is 11.7. The van der Waals surface area contributed by atoms with E-state index in [-0.39, 0.29) is 0 Å². The van der Waals surface area contributed by atoms with Crippen LogP contribution < -0.4 is 4.74 Å². The monoisotopic (exact) mass is 249 g/mol.